The van der Waals surface area contributed by atoms with Gasteiger partial charge in [-0.3, -0.25) is 0 Å². The van der Waals surface area contributed by atoms with Crippen molar-refractivity contribution in [3.05, 3.63) is 40.6 Å². The monoisotopic (exact) mass is 254 g/mol. The molecule has 0 unspecified atom stereocenters. The smallest absolute Gasteiger partial charge is 0.162 e. The Morgan fingerprint density at radius 3 is 2.79 bits per heavy atom. The summed E-state index contributed by atoms with van der Waals surface area (Å²) >= 11 is 0. The van der Waals surface area contributed by atoms with Crippen molar-refractivity contribution in [2.45, 2.75) is 33.1 Å². The molecule has 0 radical (unpaired) electrons. The first kappa shape index (κ1) is 12.1. The van der Waals surface area contributed by atoms with Crippen LogP contribution in [0.15, 0.2) is 18.2 Å². The van der Waals surface area contributed by atoms with E-state index in [9.17, 15) is 0 Å². The average molecular weight is 254 g/mol. The second-order valence-electron chi connectivity index (χ2n) is 5.14. The predicted octanol–water partition coefficient (Wildman–Crippen LogP) is 2.53. The summed E-state index contributed by atoms with van der Waals surface area (Å²) in [6, 6.07) is 6.34. The van der Waals surface area contributed by atoms with Gasteiger partial charge in [-0.1, -0.05) is 17.7 Å². The maximum absolute atomic E-state index is 5.60. The van der Waals surface area contributed by atoms with E-state index in [4.69, 9.17) is 10.8 Å². The zero-order valence-corrected chi connectivity index (χ0v) is 11.3. The molecule has 0 atom stereocenters. The van der Waals surface area contributed by atoms with Crippen molar-refractivity contribution in [2.75, 3.05) is 5.43 Å². The molecule has 1 aliphatic rings. The van der Waals surface area contributed by atoms with Gasteiger partial charge in [-0.25, -0.2) is 15.8 Å². The number of anilines is 1. The highest BCUT2D eigenvalue weighted by Crippen LogP contribution is 2.30. The van der Waals surface area contributed by atoms with Gasteiger partial charge in [-0.15, -0.1) is 0 Å². The van der Waals surface area contributed by atoms with Crippen LogP contribution in [0.25, 0.3) is 11.4 Å². The normalized spacial score (nSPS) is 13.4. The number of hydrogen-bond donors (Lipinski definition) is 2. The Morgan fingerprint density at radius 1 is 1.16 bits per heavy atom. The Hall–Kier alpha value is -1.94. The molecule has 3 rings (SSSR count). The van der Waals surface area contributed by atoms with Crippen LogP contribution >= 0.6 is 0 Å². The summed E-state index contributed by atoms with van der Waals surface area (Å²) in [5.41, 5.74) is 8.53. The molecule has 1 aromatic heterocycles. The van der Waals surface area contributed by atoms with E-state index in [0.29, 0.717) is 0 Å². The standard InChI is InChI=1S/C15H18N4/c1-9-6-7-10(2)12(8-9)14-17-13-5-3-4-11(13)15(18-14)19-16/h6-8H,3-5,16H2,1-2H3,(H,17,18,19). The number of rotatable bonds is 2. The van der Waals surface area contributed by atoms with Gasteiger partial charge in [0.15, 0.2) is 5.82 Å². The van der Waals surface area contributed by atoms with Gasteiger partial charge in [0.05, 0.1) is 0 Å². The van der Waals surface area contributed by atoms with Gasteiger partial charge in [-0.05, 0) is 44.7 Å². The predicted molar refractivity (Wildman–Crippen MR) is 76.8 cm³/mol. The number of nitrogens with one attached hydrogen (secondary N) is 1. The quantitative estimate of drug-likeness (QED) is 0.638. The number of hydrazine groups is 1. The van der Waals surface area contributed by atoms with Gasteiger partial charge in [-0.2, -0.15) is 0 Å². The van der Waals surface area contributed by atoms with Crippen LogP contribution in [0.1, 0.15) is 28.8 Å². The Kier molecular flexibility index (Phi) is 2.95. The highest BCUT2D eigenvalue weighted by molar-refractivity contribution is 5.64. The zero-order valence-electron chi connectivity index (χ0n) is 11.3. The molecule has 1 aliphatic carbocycles. The molecule has 3 N–H and O–H groups in total. The molecule has 4 nitrogen and oxygen atoms in total. The number of benzene rings is 1. The van der Waals surface area contributed by atoms with E-state index >= 15 is 0 Å². The summed E-state index contributed by atoms with van der Waals surface area (Å²) in [6.07, 6.45) is 3.17. The van der Waals surface area contributed by atoms with E-state index in [2.05, 4.69) is 42.5 Å². The number of aryl methyl sites for hydroxylation is 3. The summed E-state index contributed by atoms with van der Waals surface area (Å²) in [5.74, 6) is 7.15. The highest BCUT2D eigenvalue weighted by atomic mass is 15.3. The topological polar surface area (TPSA) is 63.8 Å². The summed E-state index contributed by atoms with van der Waals surface area (Å²) in [7, 11) is 0. The van der Waals surface area contributed by atoms with Crippen LogP contribution < -0.4 is 11.3 Å². The molecule has 0 saturated heterocycles. The van der Waals surface area contributed by atoms with E-state index in [-0.39, 0.29) is 0 Å². The Bertz CT molecular complexity index is 634. The number of fused-ring (bicyclic) bond motifs is 1. The summed E-state index contributed by atoms with van der Waals surface area (Å²) in [4.78, 5) is 9.32. The second-order valence-corrected chi connectivity index (χ2v) is 5.14. The minimum atomic E-state index is 0.773. The van der Waals surface area contributed by atoms with Crippen LogP contribution in [0, 0.1) is 13.8 Å². The van der Waals surface area contributed by atoms with E-state index in [1.165, 1.54) is 16.7 Å². The molecule has 19 heavy (non-hydrogen) atoms. The van der Waals surface area contributed by atoms with Crippen molar-refractivity contribution in [2.24, 2.45) is 5.84 Å². The van der Waals surface area contributed by atoms with Crippen molar-refractivity contribution < 1.29 is 0 Å². The van der Waals surface area contributed by atoms with Crippen LogP contribution in [-0.4, -0.2) is 9.97 Å². The van der Waals surface area contributed by atoms with E-state index in [1.807, 2.05) is 0 Å². The fourth-order valence-electron chi connectivity index (χ4n) is 2.65. The lowest BCUT2D eigenvalue weighted by Crippen LogP contribution is -2.13. The highest BCUT2D eigenvalue weighted by Gasteiger charge is 2.19. The van der Waals surface area contributed by atoms with Gasteiger partial charge in [0.1, 0.15) is 5.82 Å². The lowest BCUT2D eigenvalue weighted by Gasteiger charge is -2.11. The first-order valence-corrected chi connectivity index (χ1v) is 6.63. The Balaban J connectivity index is 2.18. The molecule has 98 valence electrons. The number of nitrogens with zero attached hydrogens (tertiary/aromatic N) is 2. The summed E-state index contributed by atoms with van der Waals surface area (Å²) in [6.45, 7) is 4.17. The third-order valence-corrected chi connectivity index (χ3v) is 3.70. The SMILES string of the molecule is Cc1ccc(C)c(-c2nc3c(c(NN)n2)CCC3)c1. The molecular formula is C15H18N4. The molecule has 0 bridgehead atoms. The molecule has 0 amide bonds. The lowest BCUT2D eigenvalue weighted by molar-refractivity contribution is 0.900. The van der Waals surface area contributed by atoms with Gasteiger partial charge in [0.2, 0.25) is 0 Å². The van der Waals surface area contributed by atoms with Crippen LogP contribution in [0.5, 0.6) is 0 Å². The van der Waals surface area contributed by atoms with Gasteiger partial charge >= 0.3 is 0 Å². The molecule has 4 heteroatoms. The Labute approximate surface area is 113 Å². The maximum atomic E-state index is 5.60. The van der Waals surface area contributed by atoms with E-state index < -0.39 is 0 Å². The molecule has 1 heterocycles. The fourth-order valence-corrected chi connectivity index (χ4v) is 2.65. The minimum absolute atomic E-state index is 0.773. The van der Waals surface area contributed by atoms with Gasteiger partial charge in [0.25, 0.3) is 0 Å². The first-order valence-electron chi connectivity index (χ1n) is 6.63. The molecular weight excluding hydrogens is 236 g/mol. The maximum Gasteiger partial charge on any atom is 0.162 e. The molecule has 1 aromatic carbocycles. The number of nitrogen functional groups attached to an aromatic ring is 1. The number of nitrogens with two attached hydrogens (primary N) is 1. The minimum Gasteiger partial charge on any atom is -0.308 e. The van der Waals surface area contributed by atoms with Gasteiger partial charge in [0, 0.05) is 16.8 Å². The first-order chi connectivity index (χ1) is 9.19. The molecule has 0 saturated carbocycles. The third kappa shape index (κ3) is 2.08. The van der Waals surface area contributed by atoms with Crippen LogP contribution in [-0.2, 0) is 12.8 Å². The second kappa shape index (κ2) is 4.63. The molecule has 0 aliphatic heterocycles. The lowest BCUT2D eigenvalue weighted by atomic mass is 10.0. The van der Waals surface area contributed by atoms with Crippen LogP contribution in [0.2, 0.25) is 0 Å². The summed E-state index contributed by atoms with van der Waals surface area (Å²) in [5, 5.41) is 0. The van der Waals surface area contributed by atoms with Crippen LogP contribution in [0.3, 0.4) is 0 Å². The van der Waals surface area contributed by atoms with E-state index in [1.54, 1.807) is 0 Å². The van der Waals surface area contributed by atoms with Crippen LogP contribution in [0.4, 0.5) is 5.82 Å². The molecule has 2 aromatic rings. The summed E-state index contributed by atoms with van der Waals surface area (Å²) < 4.78 is 0. The zero-order chi connectivity index (χ0) is 13.4. The number of hydrogen-bond acceptors (Lipinski definition) is 4. The average Bonchev–Trinajstić information content (AvgIpc) is 2.88. The Morgan fingerprint density at radius 2 is 2.00 bits per heavy atom. The van der Waals surface area contributed by atoms with Crippen molar-refractivity contribution in [1.82, 2.24) is 9.97 Å². The van der Waals surface area contributed by atoms with Crippen molar-refractivity contribution in [3.63, 3.8) is 0 Å². The molecule has 0 fully saturated rings. The largest absolute Gasteiger partial charge is 0.308 e. The van der Waals surface area contributed by atoms with Crippen molar-refractivity contribution >= 4 is 5.82 Å². The van der Waals surface area contributed by atoms with E-state index in [0.717, 1.165) is 42.2 Å². The third-order valence-electron chi connectivity index (χ3n) is 3.70. The van der Waals surface area contributed by atoms with Gasteiger partial charge < -0.3 is 5.43 Å². The van der Waals surface area contributed by atoms with Crippen molar-refractivity contribution in [3.8, 4) is 11.4 Å². The fraction of sp³-hybridized carbons (Fsp3) is 0.333. The van der Waals surface area contributed by atoms with Crippen molar-refractivity contribution in [1.29, 1.82) is 0 Å². The number of aromatic nitrogens is 2. The molecule has 0 spiro atoms.